The number of carbonyl (C=O) groups excluding carboxylic acids is 1. The van der Waals surface area contributed by atoms with Crippen LogP contribution in [0.15, 0.2) is 56.9 Å². The van der Waals surface area contributed by atoms with Crippen molar-refractivity contribution in [1.29, 1.82) is 0 Å². The highest BCUT2D eigenvalue weighted by Crippen LogP contribution is 2.24. The van der Waals surface area contributed by atoms with Gasteiger partial charge in [0.25, 0.3) is 5.91 Å². The Morgan fingerprint density at radius 3 is 2.73 bits per heavy atom. The summed E-state index contributed by atoms with van der Waals surface area (Å²) in [6.45, 7) is 3.18. The first-order valence-corrected chi connectivity index (χ1v) is 11.3. The van der Waals surface area contributed by atoms with Crippen molar-refractivity contribution in [3.05, 3.63) is 64.3 Å². The molecule has 3 heterocycles. The number of hydrogen-bond donors (Lipinski definition) is 2. The van der Waals surface area contributed by atoms with E-state index in [9.17, 15) is 18.0 Å². The Morgan fingerprint density at radius 1 is 1.27 bits per heavy atom. The largest absolute Gasteiger partial charge is 0.467 e. The summed E-state index contributed by atoms with van der Waals surface area (Å²) in [5, 5.41) is 2.79. The third-order valence-electron chi connectivity index (χ3n) is 5.48. The zero-order valence-electron chi connectivity index (χ0n) is 16.6. The molecule has 0 radical (unpaired) electrons. The Bertz CT molecular complexity index is 1220. The normalized spacial score (nSPS) is 16.0. The number of carbonyl (C=O) groups is 1. The molecule has 2 N–H and O–H groups in total. The summed E-state index contributed by atoms with van der Waals surface area (Å²) < 4.78 is 32.7. The number of aromatic amines is 1. The van der Waals surface area contributed by atoms with Gasteiger partial charge in [-0.05, 0) is 49.1 Å². The van der Waals surface area contributed by atoms with Crippen molar-refractivity contribution < 1.29 is 17.6 Å². The maximum absolute atomic E-state index is 13.0. The molecule has 0 saturated carbocycles. The fourth-order valence-electron chi connectivity index (χ4n) is 3.58. The first-order chi connectivity index (χ1) is 14.4. The maximum atomic E-state index is 13.0. The Balaban J connectivity index is 1.64. The van der Waals surface area contributed by atoms with Crippen LogP contribution in [0.1, 0.15) is 35.9 Å². The van der Waals surface area contributed by atoms with Gasteiger partial charge in [-0.1, -0.05) is 6.92 Å². The van der Waals surface area contributed by atoms with Crippen LogP contribution in [0.25, 0.3) is 10.9 Å². The highest BCUT2D eigenvalue weighted by molar-refractivity contribution is 7.89. The van der Waals surface area contributed by atoms with Crippen molar-refractivity contribution in [1.82, 2.24) is 14.6 Å². The van der Waals surface area contributed by atoms with Gasteiger partial charge in [0.15, 0.2) is 0 Å². The lowest BCUT2D eigenvalue weighted by molar-refractivity contribution is 0.0947. The van der Waals surface area contributed by atoms with Crippen LogP contribution in [0.5, 0.6) is 0 Å². The minimum absolute atomic E-state index is 0.0585. The molecule has 1 aliphatic rings. The van der Waals surface area contributed by atoms with E-state index >= 15 is 0 Å². The van der Waals surface area contributed by atoms with E-state index in [1.54, 1.807) is 18.2 Å². The van der Waals surface area contributed by atoms with Gasteiger partial charge in [0, 0.05) is 30.2 Å². The van der Waals surface area contributed by atoms with Crippen molar-refractivity contribution in [2.45, 2.75) is 31.2 Å². The molecule has 0 aliphatic carbocycles. The standard InChI is InChI=1S/C21H23N3O5S/c1-14-6-8-24(9-7-14)30(27,28)16-4-5-19-17(11-16)20(25)18(13-22-19)21(26)23-12-15-3-2-10-29-15/h2-5,10-11,13-14H,6-9,12H2,1H3,(H,22,25)(H,23,26). The molecule has 0 bridgehead atoms. The SMILES string of the molecule is CC1CCN(S(=O)(=O)c2ccc3[nH]cc(C(=O)NCc4ccco4)c(=O)c3c2)CC1. The van der Waals surface area contributed by atoms with Crippen molar-refractivity contribution in [2.24, 2.45) is 5.92 Å². The van der Waals surface area contributed by atoms with Gasteiger partial charge in [0.05, 0.1) is 17.7 Å². The second kappa shape index (κ2) is 8.08. The quantitative estimate of drug-likeness (QED) is 0.647. The lowest BCUT2D eigenvalue weighted by Crippen LogP contribution is -2.37. The highest BCUT2D eigenvalue weighted by atomic mass is 32.2. The van der Waals surface area contributed by atoms with Gasteiger partial charge in [0.1, 0.15) is 11.3 Å². The molecule has 158 valence electrons. The van der Waals surface area contributed by atoms with Crippen molar-refractivity contribution in [3.8, 4) is 0 Å². The minimum Gasteiger partial charge on any atom is -0.467 e. The van der Waals surface area contributed by atoms with Crippen molar-refractivity contribution in [2.75, 3.05) is 13.1 Å². The van der Waals surface area contributed by atoms with Crippen LogP contribution >= 0.6 is 0 Å². The minimum atomic E-state index is -3.70. The molecular weight excluding hydrogens is 406 g/mol. The molecule has 30 heavy (non-hydrogen) atoms. The van der Waals surface area contributed by atoms with Crippen LogP contribution in [0.3, 0.4) is 0 Å². The summed E-state index contributed by atoms with van der Waals surface area (Å²) in [5.74, 6) is 0.496. The molecule has 0 atom stereocenters. The molecule has 1 amide bonds. The van der Waals surface area contributed by atoms with E-state index in [0.717, 1.165) is 12.8 Å². The number of piperidine rings is 1. The summed E-state index contributed by atoms with van der Waals surface area (Å²) >= 11 is 0. The maximum Gasteiger partial charge on any atom is 0.257 e. The van der Waals surface area contributed by atoms with Crippen molar-refractivity contribution >= 4 is 26.8 Å². The predicted molar refractivity (Wildman–Crippen MR) is 112 cm³/mol. The van der Waals surface area contributed by atoms with E-state index in [0.29, 0.717) is 30.3 Å². The van der Waals surface area contributed by atoms with Gasteiger partial charge in [-0.3, -0.25) is 9.59 Å². The summed E-state index contributed by atoms with van der Waals surface area (Å²) in [4.78, 5) is 28.3. The lowest BCUT2D eigenvalue weighted by atomic mass is 10.0. The predicted octanol–water partition coefficient (Wildman–Crippen LogP) is 2.47. The molecule has 1 fully saturated rings. The molecular formula is C21H23N3O5S. The third-order valence-corrected chi connectivity index (χ3v) is 7.38. The molecule has 1 saturated heterocycles. The molecule has 1 aromatic carbocycles. The smallest absolute Gasteiger partial charge is 0.257 e. The molecule has 3 aromatic rings. The number of furan rings is 1. The average Bonchev–Trinajstić information content (AvgIpc) is 3.26. The summed E-state index contributed by atoms with van der Waals surface area (Å²) in [6.07, 6.45) is 4.46. The van der Waals surface area contributed by atoms with E-state index in [4.69, 9.17) is 4.42 Å². The highest BCUT2D eigenvalue weighted by Gasteiger charge is 2.28. The number of rotatable bonds is 5. The number of fused-ring (bicyclic) bond motifs is 1. The topological polar surface area (TPSA) is 112 Å². The Morgan fingerprint density at radius 2 is 2.03 bits per heavy atom. The molecule has 9 heteroatoms. The van der Waals surface area contributed by atoms with Crippen LogP contribution < -0.4 is 10.7 Å². The molecule has 4 rings (SSSR count). The number of sulfonamides is 1. The molecule has 0 spiro atoms. The summed E-state index contributed by atoms with van der Waals surface area (Å²) in [7, 11) is -3.70. The van der Waals surface area contributed by atoms with Crippen LogP contribution in [0.2, 0.25) is 0 Å². The Hall–Kier alpha value is -2.91. The fourth-order valence-corrected chi connectivity index (χ4v) is 5.07. The number of hydrogen-bond acceptors (Lipinski definition) is 5. The van der Waals surface area contributed by atoms with Gasteiger partial charge in [-0.25, -0.2) is 8.42 Å². The van der Waals surface area contributed by atoms with Gasteiger partial charge >= 0.3 is 0 Å². The van der Waals surface area contributed by atoms with Crippen LogP contribution in [0, 0.1) is 5.92 Å². The first-order valence-electron chi connectivity index (χ1n) is 9.82. The third kappa shape index (κ3) is 3.90. The number of nitrogens with zero attached hydrogens (tertiary/aromatic N) is 1. The van der Waals surface area contributed by atoms with E-state index in [2.05, 4.69) is 17.2 Å². The zero-order chi connectivity index (χ0) is 21.3. The Labute approximate surface area is 173 Å². The first kappa shape index (κ1) is 20.4. The van der Waals surface area contributed by atoms with E-state index < -0.39 is 21.4 Å². The number of pyridine rings is 1. The average molecular weight is 429 g/mol. The van der Waals surface area contributed by atoms with E-state index in [1.165, 1.54) is 28.9 Å². The van der Waals surface area contributed by atoms with E-state index in [1.807, 2.05) is 0 Å². The summed E-state index contributed by atoms with van der Waals surface area (Å²) in [5.41, 5.74) is -0.144. The molecule has 1 aliphatic heterocycles. The second-order valence-corrected chi connectivity index (χ2v) is 9.53. The number of nitrogens with one attached hydrogen (secondary N) is 2. The molecule has 8 nitrogen and oxygen atoms in total. The van der Waals surface area contributed by atoms with Crippen LogP contribution in [0.4, 0.5) is 0 Å². The summed E-state index contributed by atoms with van der Waals surface area (Å²) in [6, 6.07) is 7.81. The van der Waals surface area contributed by atoms with Crippen LogP contribution in [-0.2, 0) is 16.6 Å². The molecule has 0 unspecified atom stereocenters. The molecule has 2 aromatic heterocycles. The second-order valence-electron chi connectivity index (χ2n) is 7.59. The number of aromatic nitrogens is 1. The lowest BCUT2D eigenvalue weighted by Gasteiger charge is -2.29. The van der Waals surface area contributed by atoms with Gasteiger partial charge in [-0.15, -0.1) is 0 Å². The van der Waals surface area contributed by atoms with Crippen LogP contribution in [-0.4, -0.2) is 36.7 Å². The van der Waals surface area contributed by atoms with Gasteiger partial charge in [0.2, 0.25) is 15.5 Å². The van der Waals surface area contributed by atoms with Gasteiger partial charge in [-0.2, -0.15) is 4.31 Å². The monoisotopic (exact) mass is 429 g/mol. The zero-order valence-corrected chi connectivity index (χ0v) is 17.4. The fraction of sp³-hybridized carbons (Fsp3) is 0.333. The van der Waals surface area contributed by atoms with Gasteiger partial charge < -0.3 is 14.7 Å². The number of H-pyrrole nitrogens is 1. The number of amides is 1. The number of benzene rings is 1. The van der Waals surface area contributed by atoms with Crippen molar-refractivity contribution in [3.63, 3.8) is 0 Å². The van der Waals surface area contributed by atoms with E-state index in [-0.39, 0.29) is 22.4 Å². The Kier molecular flexibility index (Phi) is 5.48.